The van der Waals surface area contributed by atoms with Gasteiger partial charge in [-0.05, 0) is 55.0 Å². The lowest BCUT2D eigenvalue weighted by molar-refractivity contribution is -0.134. The van der Waals surface area contributed by atoms with Crippen LogP contribution in [-0.2, 0) is 25.6 Å². The van der Waals surface area contributed by atoms with Crippen LogP contribution in [0.15, 0.2) is 89.3 Å². The predicted molar refractivity (Wildman–Crippen MR) is 189 cm³/mol. The van der Waals surface area contributed by atoms with Crippen molar-refractivity contribution in [3.05, 3.63) is 102 Å². The number of hydrogen-bond acceptors (Lipinski definition) is 7. The number of carbonyl (C=O) groups is 4. The average Bonchev–Trinajstić information content (AvgIpc) is 3.54. The fourth-order valence-electron chi connectivity index (χ4n) is 5.56. The molecule has 0 spiro atoms. The van der Waals surface area contributed by atoms with Gasteiger partial charge in [0.05, 0.1) is 12.5 Å². The number of para-hydroxylation sites is 2. The molecule has 0 aliphatic carbocycles. The minimum atomic E-state index is -1.04. The Morgan fingerprint density at radius 3 is 1.94 bits per heavy atom. The second-order valence-electron chi connectivity index (χ2n) is 12.2. The second-order valence-corrected chi connectivity index (χ2v) is 12.2. The van der Waals surface area contributed by atoms with Gasteiger partial charge in [0, 0.05) is 6.42 Å². The topological polar surface area (TPSA) is 168 Å². The minimum Gasteiger partial charge on any atom is -0.441 e. The lowest BCUT2D eigenvalue weighted by Crippen LogP contribution is -2.59. The number of nitrogens with two attached hydrogens (primary N) is 1. The third-order valence-corrected chi connectivity index (χ3v) is 8.62. The Morgan fingerprint density at radius 1 is 0.735 bits per heavy atom. The lowest BCUT2D eigenvalue weighted by Gasteiger charge is -2.29. The number of amides is 4. The first-order chi connectivity index (χ1) is 23.7. The number of aromatic nitrogens is 1. The zero-order valence-electron chi connectivity index (χ0n) is 28.5. The molecule has 4 amide bonds. The Labute approximate surface area is 287 Å². The van der Waals surface area contributed by atoms with E-state index in [9.17, 15) is 19.2 Å². The van der Waals surface area contributed by atoms with E-state index < -0.39 is 36.0 Å². The molecule has 1 aromatic heterocycles. The summed E-state index contributed by atoms with van der Waals surface area (Å²) in [6.07, 6.45) is 2.39. The van der Waals surface area contributed by atoms with Gasteiger partial charge in [-0.3, -0.25) is 19.2 Å². The van der Waals surface area contributed by atoms with Crippen molar-refractivity contribution >= 4 is 34.7 Å². The summed E-state index contributed by atoms with van der Waals surface area (Å²) in [7, 11) is 0. The minimum absolute atomic E-state index is 0.00835. The van der Waals surface area contributed by atoms with E-state index in [2.05, 4.69) is 26.3 Å². The van der Waals surface area contributed by atoms with Gasteiger partial charge in [-0.25, -0.2) is 4.98 Å². The normalized spacial score (nSPS) is 13.7. The van der Waals surface area contributed by atoms with E-state index in [-0.39, 0.29) is 36.5 Å². The predicted octanol–water partition coefficient (Wildman–Crippen LogP) is 4.32. The van der Waals surface area contributed by atoms with Gasteiger partial charge in [0.25, 0.3) is 0 Å². The zero-order chi connectivity index (χ0) is 35.2. The fourth-order valence-corrected chi connectivity index (χ4v) is 5.56. The Hall–Kier alpha value is -5.03. The monoisotopic (exact) mass is 668 g/mol. The molecule has 11 heteroatoms. The zero-order valence-corrected chi connectivity index (χ0v) is 28.5. The highest BCUT2D eigenvalue weighted by Gasteiger charge is 2.33. The maximum absolute atomic E-state index is 14.0. The van der Waals surface area contributed by atoms with Crippen LogP contribution < -0.4 is 27.0 Å². The Bertz CT molecular complexity index is 1590. The van der Waals surface area contributed by atoms with Crippen LogP contribution in [0.3, 0.4) is 0 Å². The maximum Gasteiger partial charge on any atom is 0.243 e. The molecule has 6 N–H and O–H groups in total. The first-order valence-electron chi connectivity index (χ1n) is 17.1. The first-order valence-corrected chi connectivity index (χ1v) is 17.1. The highest BCUT2D eigenvalue weighted by atomic mass is 16.3. The van der Waals surface area contributed by atoms with Crippen LogP contribution in [0.1, 0.15) is 75.9 Å². The number of fused-ring (bicyclic) bond motifs is 1. The van der Waals surface area contributed by atoms with Gasteiger partial charge < -0.3 is 31.4 Å². The van der Waals surface area contributed by atoms with Crippen molar-refractivity contribution in [2.24, 2.45) is 11.7 Å². The molecule has 3 aromatic carbocycles. The van der Waals surface area contributed by atoms with Crippen LogP contribution in [-0.4, -0.2) is 53.3 Å². The maximum atomic E-state index is 14.0. The Balaban J connectivity index is 1.54. The number of rotatable bonds is 18. The number of oxazole rings is 1. The van der Waals surface area contributed by atoms with Gasteiger partial charge in [0.1, 0.15) is 23.6 Å². The molecule has 4 aromatic rings. The van der Waals surface area contributed by atoms with Crippen molar-refractivity contribution in [3.8, 4) is 0 Å². The molecule has 1 heterocycles. The summed E-state index contributed by atoms with van der Waals surface area (Å²) < 4.78 is 5.83. The smallest absolute Gasteiger partial charge is 0.243 e. The molecule has 0 saturated heterocycles. The number of hydrogen-bond donors (Lipinski definition) is 5. The molecule has 4 atom stereocenters. The van der Waals surface area contributed by atoms with Gasteiger partial charge in [0.2, 0.25) is 23.6 Å². The molecule has 260 valence electrons. The molecule has 0 fully saturated rings. The number of benzene rings is 3. The van der Waals surface area contributed by atoms with Crippen LogP contribution in [0.4, 0.5) is 0 Å². The van der Waals surface area contributed by atoms with Crippen LogP contribution in [0.2, 0.25) is 0 Å². The van der Waals surface area contributed by atoms with Crippen molar-refractivity contribution in [2.45, 2.75) is 83.5 Å². The van der Waals surface area contributed by atoms with E-state index in [0.29, 0.717) is 43.3 Å². The van der Waals surface area contributed by atoms with Crippen molar-refractivity contribution < 1.29 is 23.6 Å². The lowest BCUT2D eigenvalue weighted by atomic mass is 9.96. The first kappa shape index (κ1) is 36.8. The third kappa shape index (κ3) is 10.5. The quantitative estimate of drug-likeness (QED) is 0.0985. The molecule has 0 aliphatic rings. The molecular weight excluding hydrogens is 620 g/mol. The van der Waals surface area contributed by atoms with E-state index in [1.165, 1.54) is 0 Å². The van der Waals surface area contributed by atoms with E-state index in [1.54, 1.807) is 19.1 Å². The summed E-state index contributed by atoms with van der Waals surface area (Å²) in [5.41, 5.74) is 8.76. The van der Waals surface area contributed by atoms with Crippen molar-refractivity contribution in [1.82, 2.24) is 26.3 Å². The average molecular weight is 669 g/mol. The summed E-state index contributed by atoms with van der Waals surface area (Å²) in [5, 5.41) is 11.7. The van der Waals surface area contributed by atoms with E-state index in [4.69, 9.17) is 10.2 Å². The number of carbonyl (C=O) groups excluding carboxylic acids is 4. The third-order valence-electron chi connectivity index (χ3n) is 8.62. The molecule has 0 bridgehead atoms. The van der Waals surface area contributed by atoms with Gasteiger partial charge in [-0.1, -0.05) is 100.0 Å². The summed E-state index contributed by atoms with van der Waals surface area (Å²) >= 11 is 0. The van der Waals surface area contributed by atoms with E-state index in [0.717, 1.165) is 11.1 Å². The standard InChI is InChI=1S/C38H48N6O5/c1-4-25(3)34(43-37(47)30(40-32(45)5-2)24-33-41-28-20-12-13-22-31(28)49-33)38(48)42-29(21-14-15-23-39)36(46)44-35(26-16-8-6-9-17-26)27-18-10-7-11-19-27/h6-13,16-20,22,25,29-30,34-35H,4-5,14-15,21,23-24,39H2,1-3H3,(H,40,45)(H,42,48)(H,43,47)(H,44,46)/t25-,29-,30-,34-/m0/s1. The molecule has 0 aliphatic heterocycles. The highest BCUT2D eigenvalue weighted by molar-refractivity contribution is 5.94. The molecular formula is C38H48N6O5. The number of nitrogens with one attached hydrogen (secondary N) is 4. The van der Waals surface area contributed by atoms with Crippen molar-refractivity contribution in [2.75, 3.05) is 6.54 Å². The summed E-state index contributed by atoms with van der Waals surface area (Å²) in [6, 6.07) is 23.2. The highest BCUT2D eigenvalue weighted by Crippen LogP contribution is 2.22. The largest absolute Gasteiger partial charge is 0.441 e. The summed E-state index contributed by atoms with van der Waals surface area (Å²) in [4.78, 5) is 58.6. The number of nitrogens with zero attached hydrogens (tertiary/aromatic N) is 1. The van der Waals surface area contributed by atoms with E-state index >= 15 is 0 Å². The second kappa shape index (κ2) is 18.5. The molecule has 49 heavy (non-hydrogen) atoms. The number of unbranched alkanes of at least 4 members (excludes halogenated alkanes) is 1. The Kier molecular flexibility index (Phi) is 13.9. The van der Waals surface area contributed by atoms with Crippen molar-refractivity contribution in [1.29, 1.82) is 0 Å². The van der Waals surface area contributed by atoms with Crippen LogP contribution in [0, 0.1) is 5.92 Å². The fraction of sp³-hybridized carbons (Fsp3) is 0.395. The summed E-state index contributed by atoms with van der Waals surface area (Å²) in [6.45, 7) is 5.92. The molecule has 4 rings (SSSR count). The van der Waals surface area contributed by atoms with Crippen LogP contribution in [0.25, 0.3) is 11.1 Å². The van der Waals surface area contributed by atoms with Crippen LogP contribution in [0.5, 0.6) is 0 Å². The summed E-state index contributed by atoms with van der Waals surface area (Å²) in [5.74, 6) is -1.73. The van der Waals surface area contributed by atoms with Gasteiger partial charge in [-0.2, -0.15) is 0 Å². The van der Waals surface area contributed by atoms with Gasteiger partial charge >= 0.3 is 0 Å². The van der Waals surface area contributed by atoms with Crippen LogP contribution >= 0.6 is 0 Å². The molecule has 11 nitrogen and oxygen atoms in total. The van der Waals surface area contributed by atoms with Gasteiger partial charge in [-0.15, -0.1) is 0 Å². The van der Waals surface area contributed by atoms with Crippen molar-refractivity contribution in [3.63, 3.8) is 0 Å². The molecule has 0 saturated carbocycles. The Morgan fingerprint density at radius 2 is 1.35 bits per heavy atom. The SMILES string of the molecule is CCC(=O)N[C@@H](Cc1nc2ccccc2o1)C(=O)N[C@H](C(=O)N[C@@H](CCCCN)C(=O)NC(c1ccccc1)c1ccccc1)[C@@H](C)CC. The molecule has 0 unspecified atom stereocenters. The van der Waals surface area contributed by atoms with Gasteiger partial charge in [0.15, 0.2) is 11.5 Å². The molecule has 0 radical (unpaired) electrons. The van der Waals surface area contributed by atoms with E-state index in [1.807, 2.05) is 86.6 Å².